The topological polar surface area (TPSA) is 111 Å². The maximum absolute atomic E-state index is 12.7. The predicted octanol–water partition coefficient (Wildman–Crippen LogP) is 1.17. The van der Waals surface area contributed by atoms with Crippen molar-refractivity contribution in [1.82, 2.24) is 5.32 Å². The Hall–Kier alpha value is -3.33. The van der Waals surface area contributed by atoms with Gasteiger partial charge in [0.15, 0.2) is 0 Å². The summed E-state index contributed by atoms with van der Waals surface area (Å²) < 4.78 is 16.0. The van der Waals surface area contributed by atoms with Crippen LogP contribution in [-0.2, 0) is 20.7 Å². The van der Waals surface area contributed by atoms with Crippen LogP contribution < -0.4 is 9.97 Å². The second-order valence-electron chi connectivity index (χ2n) is 6.54. The van der Waals surface area contributed by atoms with E-state index in [4.69, 9.17) is 14.1 Å². The number of fused-ring (bicyclic) bond motifs is 2. The first-order valence-electron chi connectivity index (χ1n) is 8.68. The number of amides is 1. The molecule has 0 radical (unpaired) electrons. The number of hydrogen-bond donors (Lipinski definition) is 2. The summed E-state index contributed by atoms with van der Waals surface area (Å²) in [4.78, 5) is 35.9. The highest BCUT2D eigenvalue weighted by Crippen LogP contribution is 2.35. The van der Waals surface area contributed by atoms with Crippen LogP contribution in [0.25, 0.3) is 0 Å². The van der Waals surface area contributed by atoms with Crippen molar-refractivity contribution < 1.29 is 33.5 Å². The third-order valence-corrected chi connectivity index (χ3v) is 4.59. The second kappa shape index (κ2) is 7.01. The lowest BCUT2D eigenvalue weighted by Gasteiger charge is -2.29. The van der Waals surface area contributed by atoms with Gasteiger partial charge in [-0.2, -0.15) is 0 Å². The van der Waals surface area contributed by atoms with E-state index < -0.39 is 31.3 Å². The third-order valence-electron chi connectivity index (χ3n) is 4.59. The van der Waals surface area contributed by atoms with Gasteiger partial charge in [-0.15, -0.1) is 0 Å². The number of rotatable bonds is 3. The molecule has 9 heteroatoms. The van der Waals surface area contributed by atoms with E-state index >= 15 is 0 Å². The molecule has 0 saturated carbocycles. The van der Waals surface area contributed by atoms with Gasteiger partial charge < -0.3 is 24.5 Å². The van der Waals surface area contributed by atoms with Crippen molar-refractivity contribution in [3.8, 4) is 5.75 Å². The Balaban J connectivity index is 1.57. The van der Waals surface area contributed by atoms with Crippen LogP contribution in [0, 0.1) is 0 Å². The highest BCUT2D eigenvalue weighted by atomic mass is 16.7. The summed E-state index contributed by atoms with van der Waals surface area (Å²) in [5, 5.41) is 12.8. The Bertz CT molecular complexity index is 977. The standard InChI is InChI=1S/C19H16BNO7/c1-10(22)21-15-9-11-5-4-8-14(16(11)28-20(15)25)18(24)27-19-13-7-3-2-6-12(13)17(23)26-19/h2-8,15,19,25H,9H2,1H3,(H,21,22). The molecule has 0 bridgehead atoms. The Morgan fingerprint density at radius 1 is 1.21 bits per heavy atom. The van der Waals surface area contributed by atoms with Crippen molar-refractivity contribution in [3.63, 3.8) is 0 Å². The molecule has 0 spiro atoms. The van der Waals surface area contributed by atoms with Gasteiger partial charge in [0.2, 0.25) is 5.91 Å². The van der Waals surface area contributed by atoms with E-state index in [1.165, 1.54) is 13.0 Å². The van der Waals surface area contributed by atoms with Gasteiger partial charge in [0.1, 0.15) is 11.3 Å². The van der Waals surface area contributed by atoms with Crippen LogP contribution >= 0.6 is 0 Å². The summed E-state index contributed by atoms with van der Waals surface area (Å²) >= 11 is 0. The first kappa shape index (κ1) is 18.1. The molecule has 2 aromatic rings. The fourth-order valence-corrected chi connectivity index (χ4v) is 3.33. The zero-order valence-electron chi connectivity index (χ0n) is 14.9. The van der Waals surface area contributed by atoms with Crippen LogP contribution in [0.15, 0.2) is 42.5 Å². The average molecular weight is 381 g/mol. The van der Waals surface area contributed by atoms with Gasteiger partial charge in [-0.05, 0) is 24.1 Å². The maximum atomic E-state index is 12.7. The largest absolute Gasteiger partial charge is 0.547 e. The molecule has 2 aliphatic rings. The number of hydrogen-bond acceptors (Lipinski definition) is 7. The summed E-state index contributed by atoms with van der Waals surface area (Å²) in [5.74, 6) is -2.06. The fraction of sp³-hybridized carbons (Fsp3) is 0.211. The normalized spacial score (nSPS) is 19.8. The summed E-state index contributed by atoms with van der Waals surface area (Å²) in [6.07, 6.45) is -0.856. The third kappa shape index (κ3) is 3.20. The van der Waals surface area contributed by atoms with Crippen molar-refractivity contribution >= 4 is 25.0 Å². The molecule has 28 heavy (non-hydrogen) atoms. The minimum atomic E-state index is -1.31. The highest BCUT2D eigenvalue weighted by Gasteiger charge is 2.39. The van der Waals surface area contributed by atoms with Gasteiger partial charge in [0, 0.05) is 12.5 Å². The van der Waals surface area contributed by atoms with E-state index in [1.54, 1.807) is 36.4 Å². The zero-order valence-corrected chi connectivity index (χ0v) is 14.9. The van der Waals surface area contributed by atoms with Crippen LogP contribution in [0.4, 0.5) is 0 Å². The Morgan fingerprint density at radius 2 is 2.00 bits per heavy atom. The van der Waals surface area contributed by atoms with Crippen LogP contribution in [0.5, 0.6) is 5.75 Å². The Kier molecular flexibility index (Phi) is 4.52. The molecule has 1 amide bonds. The number of para-hydroxylation sites is 1. The van der Waals surface area contributed by atoms with E-state index in [-0.39, 0.29) is 17.2 Å². The summed E-state index contributed by atoms with van der Waals surface area (Å²) in [6, 6.07) is 11.5. The van der Waals surface area contributed by atoms with Gasteiger partial charge >= 0.3 is 19.1 Å². The minimum absolute atomic E-state index is 0.0956. The number of benzene rings is 2. The molecular weight excluding hydrogens is 365 g/mol. The molecule has 142 valence electrons. The van der Waals surface area contributed by atoms with Crippen molar-refractivity contribution in [2.75, 3.05) is 0 Å². The molecule has 8 nitrogen and oxygen atoms in total. The van der Waals surface area contributed by atoms with E-state index in [0.29, 0.717) is 23.1 Å². The monoisotopic (exact) mass is 381 g/mol. The van der Waals surface area contributed by atoms with Gasteiger partial charge in [-0.25, -0.2) is 9.59 Å². The highest BCUT2D eigenvalue weighted by molar-refractivity contribution is 6.47. The molecule has 2 aliphatic heterocycles. The number of esters is 2. The molecule has 2 unspecified atom stereocenters. The smallest absolute Gasteiger partial charge is 0.534 e. The van der Waals surface area contributed by atoms with E-state index in [1.807, 2.05) is 0 Å². The molecule has 0 aromatic heterocycles. The Labute approximate surface area is 160 Å². The molecule has 2 N–H and O–H groups in total. The second-order valence-corrected chi connectivity index (χ2v) is 6.54. The maximum Gasteiger partial charge on any atom is 0.547 e. The first-order chi connectivity index (χ1) is 13.4. The summed E-state index contributed by atoms with van der Waals surface area (Å²) in [7, 11) is -1.31. The molecule has 4 rings (SSSR count). The van der Waals surface area contributed by atoms with Crippen LogP contribution in [0.2, 0.25) is 0 Å². The van der Waals surface area contributed by atoms with Gasteiger partial charge in [-0.1, -0.05) is 30.3 Å². The van der Waals surface area contributed by atoms with Crippen molar-refractivity contribution in [2.45, 2.75) is 25.6 Å². The number of carbonyl (C=O) groups excluding carboxylic acids is 3. The number of carbonyl (C=O) groups is 3. The van der Waals surface area contributed by atoms with Gasteiger partial charge in [-0.3, -0.25) is 4.79 Å². The van der Waals surface area contributed by atoms with Crippen molar-refractivity contribution in [1.29, 1.82) is 0 Å². The number of nitrogens with one attached hydrogen (secondary N) is 1. The van der Waals surface area contributed by atoms with Gasteiger partial charge in [0.05, 0.1) is 11.5 Å². The van der Waals surface area contributed by atoms with Crippen molar-refractivity contribution in [2.24, 2.45) is 0 Å². The summed E-state index contributed by atoms with van der Waals surface area (Å²) in [5.41, 5.74) is 1.55. The lowest BCUT2D eigenvalue weighted by atomic mass is 9.72. The first-order valence-corrected chi connectivity index (χ1v) is 8.68. The molecule has 2 atom stereocenters. The van der Waals surface area contributed by atoms with E-state index in [0.717, 1.165) is 0 Å². The average Bonchev–Trinajstić information content (AvgIpc) is 2.97. The van der Waals surface area contributed by atoms with Crippen molar-refractivity contribution in [3.05, 3.63) is 64.7 Å². The molecule has 0 aliphatic carbocycles. The molecule has 2 aromatic carbocycles. The lowest BCUT2D eigenvalue weighted by Crippen LogP contribution is -2.52. The SMILES string of the molecule is CC(=O)NC1Cc2cccc(C(=O)OC3OC(=O)c4ccccc43)c2OB1O. The van der Waals surface area contributed by atoms with E-state index in [2.05, 4.69) is 5.32 Å². The predicted molar refractivity (Wildman–Crippen MR) is 96.4 cm³/mol. The van der Waals surface area contributed by atoms with E-state index in [9.17, 15) is 19.4 Å². The van der Waals surface area contributed by atoms with Crippen LogP contribution in [0.1, 0.15) is 45.1 Å². The number of ether oxygens (including phenoxy) is 2. The zero-order chi connectivity index (χ0) is 19.8. The fourth-order valence-electron chi connectivity index (χ4n) is 3.33. The molecular formula is C19H16BNO7. The minimum Gasteiger partial charge on any atom is -0.534 e. The van der Waals surface area contributed by atoms with Crippen LogP contribution in [-0.4, -0.2) is 35.9 Å². The van der Waals surface area contributed by atoms with Gasteiger partial charge in [0.25, 0.3) is 6.29 Å². The molecule has 0 fully saturated rings. The Morgan fingerprint density at radius 3 is 2.79 bits per heavy atom. The van der Waals surface area contributed by atoms with Crippen LogP contribution in [0.3, 0.4) is 0 Å². The molecule has 2 heterocycles. The summed E-state index contributed by atoms with van der Waals surface area (Å²) in [6.45, 7) is 1.34. The molecule has 0 saturated heterocycles. The number of cyclic esters (lactones) is 1. The lowest BCUT2D eigenvalue weighted by molar-refractivity contribution is -0.119. The quantitative estimate of drug-likeness (QED) is 0.607.